The number of hydrogen-bond acceptors (Lipinski definition) is 4. The molecule has 2 rings (SSSR count). The minimum absolute atomic E-state index is 0.0213. The molecule has 106 valence electrons. The first-order valence-electron chi connectivity index (χ1n) is 5.99. The molecule has 0 aromatic heterocycles. The van der Waals surface area contributed by atoms with E-state index in [0.29, 0.717) is 5.56 Å². The van der Waals surface area contributed by atoms with Crippen LogP contribution in [-0.4, -0.2) is 32.4 Å². The quantitative estimate of drug-likeness (QED) is 0.830. The molecule has 1 fully saturated rings. The Labute approximate surface area is 113 Å². The van der Waals surface area contributed by atoms with E-state index in [1.807, 2.05) is 0 Å². The lowest BCUT2D eigenvalue weighted by molar-refractivity contribution is 0.483. The first-order chi connectivity index (χ1) is 8.70. The summed E-state index contributed by atoms with van der Waals surface area (Å²) in [6.07, 6.45) is 1.73. The van der Waals surface area contributed by atoms with Crippen LogP contribution >= 0.6 is 0 Å². The van der Waals surface area contributed by atoms with Crippen LogP contribution < -0.4 is 0 Å². The van der Waals surface area contributed by atoms with Gasteiger partial charge in [0.15, 0.2) is 9.84 Å². The molecular weight excluding hydrogens is 288 g/mol. The summed E-state index contributed by atoms with van der Waals surface area (Å²) in [7, 11) is -7.31. The average molecular weight is 304 g/mol. The van der Waals surface area contributed by atoms with Crippen LogP contribution in [0, 0.1) is 6.92 Å². The van der Waals surface area contributed by atoms with Crippen LogP contribution in [-0.2, 0) is 26.4 Å². The highest BCUT2D eigenvalue weighted by molar-refractivity contribution is 7.92. The van der Waals surface area contributed by atoms with E-state index in [-0.39, 0.29) is 22.3 Å². The summed E-state index contributed by atoms with van der Waals surface area (Å²) in [5.74, 6) is 0.0213. The smallest absolute Gasteiger partial charge is 0.282 e. The second kappa shape index (κ2) is 4.88. The summed E-state index contributed by atoms with van der Waals surface area (Å²) in [4.78, 5) is -0.197. The maximum absolute atomic E-state index is 11.8. The lowest BCUT2D eigenvalue weighted by atomic mass is 10.1. The van der Waals surface area contributed by atoms with Crippen LogP contribution in [0.5, 0.6) is 0 Å². The third-order valence-electron chi connectivity index (χ3n) is 3.31. The Kier molecular flexibility index (Phi) is 3.72. The summed E-state index contributed by atoms with van der Waals surface area (Å²) in [6, 6.07) is 4.22. The Bertz CT molecular complexity index is 685. The Balaban J connectivity index is 2.20. The lowest BCUT2D eigenvalue weighted by Gasteiger charge is -2.08. The lowest BCUT2D eigenvalue weighted by Crippen LogP contribution is -2.14. The number of hydrogen-bond donors (Lipinski definition) is 1. The predicted molar refractivity (Wildman–Crippen MR) is 71.5 cm³/mol. The maximum Gasteiger partial charge on any atom is 0.294 e. The van der Waals surface area contributed by atoms with Crippen molar-refractivity contribution in [3.8, 4) is 0 Å². The molecule has 1 aliphatic rings. The molecule has 0 saturated heterocycles. The van der Waals surface area contributed by atoms with Crippen molar-refractivity contribution >= 4 is 20.0 Å². The second-order valence-corrected chi connectivity index (χ2v) is 8.70. The van der Waals surface area contributed by atoms with E-state index >= 15 is 0 Å². The van der Waals surface area contributed by atoms with Crippen molar-refractivity contribution < 1.29 is 21.4 Å². The van der Waals surface area contributed by atoms with Crippen LogP contribution in [0.3, 0.4) is 0 Å². The maximum atomic E-state index is 11.8. The van der Waals surface area contributed by atoms with Crippen LogP contribution in [0.4, 0.5) is 0 Å². The zero-order valence-corrected chi connectivity index (χ0v) is 12.2. The van der Waals surface area contributed by atoms with E-state index in [9.17, 15) is 16.8 Å². The van der Waals surface area contributed by atoms with Gasteiger partial charge in [-0.1, -0.05) is 6.07 Å². The summed E-state index contributed by atoms with van der Waals surface area (Å²) in [5, 5.41) is -0.211. The van der Waals surface area contributed by atoms with Crippen molar-refractivity contribution in [2.75, 3.05) is 5.75 Å². The minimum Gasteiger partial charge on any atom is -0.282 e. The van der Waals surface area contributed by atoms with Crippen molar-refractivity contribution in [3.05, 3.63) is 29.3 Å². The van der Waals surface area contributed by atoms with Gasteiger partial charge in [-0.25, -0.2) is 8.42 Å². The molecule has 19 heavy (non-hydrogen) atoms. The zero-order chi connectivity index (χ0) is 14.3. The summed E-state index contributed by atoms with van der Waals surface area (Å²) in [6.45, 7) is 1.78. The fraction of sp³-hybridized carbons (Fsp3) is 0.500. The van der Waals surface area contributed by atoms with Crippen molar-refractivity contribution in [2.24, 2.45) is 0 Å². The molecule has 0 aliphatic heterocycles. The van der Waals surface area contributed by atoms with Crippen molar-refractivity contribution in [1.29, 1.82) is 0 Å². The molecule has 0 amide bonds. The highest BCUT2D eigenvalue weighted by Crippen LogP contribution is 2.29. The van der Waals surface area contributed by atoms with Crippen molar-refractivity contribution in [2.45, 2.75) is 36.3 Å². The predicted octanol–water partition coefficient (Wildman–Crippen LogP) is 1.36. The van der Waals surface area contributed by atoms with Gasteiger partial charge in [0, 0.05) is 0 Å². The standard InChI is InChI=1S/C12H16O5S2/c1-9-2-3-12(19(15,16)17)8-10(9)6-7-18(13,14)11-4-5-11/h2-3,8,11H,4-7H2,1H3,(H,15,16,17). The van der Waals surface area contributed by atoms with Crippen molar-refractivity contribution in [3.63, 3.8) is 0 Å². The monoisotopic (exact) mass is 304 g/mol. The Morgan fingerprint density at radius 2 is 1.84 bits per heavy atom. The zero-order valence-electron chi connectivity index (χ0n) is 10.5. The van der Waals surface area contributed by atoms with E-state index < -0.39 is 20.0 Å². The topological polar surface area (TPSA) is 88.5 Å². The van der Waals surface area contributed by atoms with E-state index in [2.05, 4.69) is 0 Å². The van der Waals surface area contributed by atoms with Gasteiger partial charge in [-0.05, 0) is 49.4 Å². The molecule has 1 saturated carbocycles. The van der Waals surface area contributed by atoms with Gasteiger partial charge in [-0.15, -0.1) is 0 Å². The fourth-order valence-electron chi connectivity index (χ4n) is 1.92. The summed E-state index contributed by atoms with van der Waals surface area (Å²) >= 11 is 0. The van der Waals surface area contributed by atoms with Gasteiger partial charge in [-0.3, -0.25) is 4.55 Å². The first-order valence-corrected chi connectivity index (χ1v) is 9.14. The summed E-state index contributed by atoms with van der Waals surface area (Å²) in [5.41, 5.74) is 1.46. The van der Waals surface area contributed by atoms with Crippen LogP contribution in [0.25, 0.3) is 0 Å². The van der Waals surface area contributed by atoms with E-state index in [4.69, 9.17) is 4.55 Å². The van der Waals surface area contributed by atoms with E-state index in [1.54, 1.807) is 13.0 Å². The van der Waals surface area contributed by atoms with Crippen LogP contribution in [0.2, 0.25) is 0 Å². The molecule has 1 aromatic rings. The molecule has 0 unspecified atom stereocenters. The molecule has 0 spiro atoms. The van der Waals surface area contributed by atoms with E-state index in [0.717, 1.165) is 18.4 Å². The molecule has 0 heterocycles. The molecule has 7 heteroatoms. The minimum atomic E-state index is -4.25. The third kappa shape index (κ3) is 3.55. The van der Waals surface area contributed by atoms with Gasteiger partial charge >= 0.3 is 0 Å². The molecular formula is C12H16O5S2. The average Bonchev–Trinajstić information content (AvgIpc) is 3.10. The largest absolute Gasteiger partial charge is 0.294 e. The van der Waals surface area contributed by atoms with Crippen LogP contribution in [0.15, 0.2) is 23.1 Å². The second-order valence-electron chi connectivity index (χ2n) is 4.88. The van der Waals surface area contributed by atoms with Gasteiger partial charge in [0.25, 0.3) is 10.1 Å². The Morgan fingerprint density at radius 1 is 1.21 bits per heavy atom. The molecule has 0 bridgehead atoms. The molecule has 1 N–H and O–H groups in total. The van der Waals surface area contributed by atoms with E-state index in [1.165, 1.54) is 12.1 Å². The molecule has 1 aromatic carbocycles. The van der Waals surface area contributed by atoms with Gasteiger partial charge in [0.1, 0.15) is 0 Å². The van der Waals surface area contributed by atoms with Crippen LogP contribution in [0.1, 0.15) is 24.0 Å². The molecule has 5 nitrogen and oxygen atoms in total. The molecule has 0 atom stereocenters. The van der Waals surface area contributed by atoms with Gasteiger partial charge in [-0.2, -0.15) is 8.42 Å². The number of rotatable bonds is 5. The fourth-order valence-corrected chi connectivity index (χ4v) is 4.15. The number of benzene rings is 1. The highest BCUT2D eigenvalue weighted by atomic mass is 32.2. The molecule has 1 aliphatic carbocycles. The third-order valence-corrected chi connectivity index (χ3v) is 6.42. The Hall–Kier alpha value is -0.920. The van der Waals surface area contributed by atoms with Crippen molar-refractivity contribution in [1.82, 2.24) is 0 Å². The van der Waals surface area contributed by atoms with Gasteiger partial charge in [0.2, 0.25) is 0 Å². The van der Waals surface area contributed by atoms with Gasteiger partial charge in [0.05, 0.1) is 15.9 Å². The Morgan fingerprint density at radius 3 is 2.37 bits per heavy atom. The number of aryl methyl sites for hydroxylation is 2. The summed E-state index contributed by atoms with van der Waals surface area (Å²) < 4.78 is 54.7. The SMILES string of the molecule is Cc1ccc(S(=O)(=O)O)cc1CCS(=O)(=O)C1CC1. The molecule has 0 radical (unpaired) electrons. The van der Waals surface area contributed by atoms with Gasteiger partial charge < -0.3 is 0 Å². The first kappa shape index (κ1) is 14.5. The normalized spacial score (nSPS) is 16.5. The highest BCUT2D eigenvalue weighted by Gasteiger charge is 2.35. The number of sulfone groups is 1.